The van der Waals surface area contributed by atoms with E-state index in [9.17, 15) is 142 Å². The van der Waals surface area contributed by atoms with Crippen molar-refractivity contribution in [2.75, 3.05) is 139 Å². The fourth-order valence-corrected chi connectivity index (χ4v) is 13.2. The fraction of sp³-hybridized carbons (Fsp3) is 0.559. The molecule has 32 nitrogen and oxygen atoms in total. The summed E-state index contributed by atoms with van der Waals surface area (Å²) in [4.78, 5) is 0. The molecule has 0 heterocycles. The van der Waals surface area contributed by atoms with Crippen LogP contribution in [0.3, 0.4) is 0 Å². The van der Waals surface area contributed by atoms with Crippen LogP contribution >= 0.6 is 62.6 Å². The van der Waals surface area contributed by atoms with Crippen LogP contribution in [0.4, 0.5) is 105 Å². The van der Waals surface area contributed by atoms with Crippen molar-refractivity contribution in [1.82, 2.24) is 0 Å². The molecule has 0 bridgehead atoms. The zero-order chi connectivity index (χ0) is 104. The third-order valence-corrected chi connectivity index (χ3v) is 20.6. The van der Waals surface area contributed by atoms with Crippen molar-refractivity contribution in [3.05, 3.63) is 25.3 Å². The highest BCUT2D eigenvalue weighted by Gasteiger charge is 2.46. The fourth-order valence-electron chi connectivity index (χ4n) is 4.93. The highest BCUT2D eigenvalue weighted by Crippen LogP contribution is 2.57. The van der Waals surface area contributed by atoms with Crippen molar-refractivity contribution >= 4 is 62.6 Å². The summed E-state index contributed by atoms with van der Waals surface area (Å²) in [5.41, 5.74) is 0. The van der Waals surface area contributed by atoms with Gasteiger partial charge in [0.1, 0.15) is 85.9 Å². The molecule has 0 radical (unpaired) electrons. The zero-order valence-electron chi connectivity index (χ0n) is 68.0. The molecule has 0 aromatic heterocycles. The molecule has 0 aromatic rings. The van der Waals surface area contributed by atoms with Crippen LogP contribution in [0.1, 0.15) is 52.4 Å². The molecular weight excluding hydrogens is 2030 g/mol. The molecular formula is C68H80F24O32P8. The van der Waals surface area contributed by atoms with Crippen LogP contribution in [0.2, 0.25) is 0 Å². The van der Waals surface area contributed by atoms with Gasteiger partial charge in [0, 0.05) is 12.8 Å². The summed E-state index contributed by atoms with van der Waals surface area (Å²) in [6.07, 6.45) is 21.6. The van der Waals surface area contributed by atoms with Crippen molar-refractivity contribution in [2.45, 2.75) is 108 Å². The monoisotopic (exact) mass is 2110 g/mol. The molecule has 0 amide bonds. The Morgan fingerprint density at radius 3 is 0.697 bits per heavy atom. The van der Waals surface area contributed by atoms with Gasteiger partial charge in [-0.2, -0.15) is 88.1 Å². The Balaban J connectivity index is -0.000000222. The first-order valence-corrected chi connectivity index (χ1v) is 45.1. The van der Waals surface area contributed by atoms with Gasteiger partial charge in [-0.25, -0.2) is 36.5 Å². The minimum absolute atomic E-state index is 0.0579. The summed E-state index contributed by atoms with van der Waals surface area (Å²) in [7, 11) is -34.4. The van der Waals surface area contributed by atoms with E-state index in [2.05, 4.69) is 129 Å². The molecule has 0 spiro atoms. The topological polar surface area (TPSA) is 358 Å². The van der Waals surface area contributed by atoms with Crippen molar-refractivity contribution in [3.8, 4) is 160 Å². The van der Waals surface area contributed by atoms with Gasteiger partial charge >= 0.3 is 112 Å². The molecule has 2 unspecified atom stereocenters. The number of phosphoric acid groups is 8. The minimum atomic E-state index is -5.17. The maximum atomic E-state index is 12.2. The van der Waals surface area contributed by atoms with Crippen LogP contribution in [-0.4, -0.2) is 195 Å². The van der Waals surface area contributed by atoms with Gasteiger partial charge in [-0.05, 0) is 33.1 Å². The van der Waals surface area contributed by atoms with Crippen LogP contribution < -0.4 is 0 Å². The van der Waals surface area contributed by atoms with E-state index in [1.165, 1.54) is 6.92 Å². The van der Waals surface area contributed by atoms with Crippen molar-refractivity contribution in [2.24, 2.45) is 0 Å². The van der Waals surface area contributed by atoms with E-state index in [1.807, 2.05) is 65.1 Å². The zero-order valence-corrected chi connectivity index (χ0v) is 75.1. The van der Waals surface area contributed by atoms with E-state index in [0.717, 1.165) is 12.2 Å². The number of hydrogen-bond acceptors (Lipinski definition) is 32. The lowest BCUT2D eigenvalue weighted by Crippen LogP contribution is -2.28. The van der Waals surface area contributed by atoms with Crippen LogP contribution in [-0.2, 0) is 145 Å². The first-order chi connectivity index (χ1) is 60.5. The average Bonchev–Trinajstić information content (AvgIpc) is 0.857. The van der Waals surface area contributed by atoms with E-state index in [-0.39, 0.29) is 72.1 Å². The summed E-state index contributed by atoms with van der Waals surface area (Å²) in [6, 6.07) is 0. The van der Waals surface area contributed by atoms with E-state index < -0.39 is 224 Å². The second-order valence-corrected chi connectivity index (χ2v) is 33.3. The Morgan fingerprint density at radius 2 is 0.477 bits per heavy atom. The predicted molar refractivity (Wildman–Crippen MR) is 416 cm³/mol. The average molecular weight is 2110 g/mol. The Morgan fingerprint density at radius 1 is 0.265 bits per heavy atom. The molecule has 752 valence electrons. The molecule has 0 rings (SSSR count). The predicted octanol–water partition coefficient (Wildman–Crippen LogP) is 19.9. The highest BCUT2D eigenvalue weighted by molar-refractivity contribution is 7.50. The number of alkyl halides is 24. The van der Waals surface area contributed by atoms with Gasteiger partial charge in [-0.1, -0.05) is 89.1 Å². The molecule has 64 heteroatoms. The maximum absolute atomic E-state index is 12.2. The highest BCUT2D eigenvalue weighted by atomic mass is 31.2. The molecule has 0 fully saturated rings. The SMILES string of the molecule is C#CCOP(=O)(OCC#C)OC(C)C(F)(F)F.C#CCOP(=O)(OCC#C)OC(F)(F)F.C#CCOP(=O)(OCC#C)OCC(F)(F)F.C#CCOP(=O)(OCC#C)OCCC(F)(F)F.C#CCOP(=O)(OCC#C)OCCCC(F)(F)F.C#CCOP(=O)(OCC#C)OCCCCC(F)(F)F.C#CCOP(=O)(OCC)OCC(F)(F)F.C=CCOP(=O)(OCC=C)OC(F)(F)F. The van der Waals surface area contributed by atoms with Gasteiger partial charge in [0.05, 0.1) is 46.1 Å². The summed E-state index contributed by atoms with van der Waals surface area (Å²) >= 11 is 0. The Bertz CT molecular complexity index is 4110. The normalized spacial score (nSPS) is 12.6. The molecule has 0 N–H and O–H groups in total. The summed E-state index contributed by atoms with van der Waals surface area (Å²) in [6.45, 7) is -3.45. The quantitative estimate of drug-likeness (QED) is 0.0179. The maximum Gasteiger partial charge on any atom is 0.531 e. The van der Waals surface area contributed by atoms with Crippen molar-refractivity contribution in [3.63, 3.8) is 0 Å². The van der Waals surface area contributed by atoms with Crippen molar-refractivity contribution in [1.29, 1.82) is 0 Å². The number of hydrogen-bond donors (Lipinski definition) is 0. The summed E-state index contributed by atoms with van der Waals surface area (Å²) in [5, 5.41) is 0. The molecule has 0 saturated carbocycles. The first-order valence-electron chi connectivity index (χ1n) is 33.4. The number of phosphoric ester groups is 8. The van der Waals surface area contributed by atoms with Crippen LogP contribution in [0.25, 0.3) is 0 Å². The van der Waals surface area contributed by atoms with E-state index >= 15 is 0 Å². The largest absolute Gasteiger partial charge is 0.531 e. The molecule has 0 aliphatic carbocycles. The van der Waals surface area contributed by atoms with Crippen LogP contribution in [0.15, 0.2) is 25.3 Å². The molecule has 0 aliphatic rings. The van der Waals surface area contributed by atoms with E-state index in [4.69, 9.17) is 88.0 Å². The standard InChI is InChI=1S/C11H14F3O4P.C10H12F3O4P.2C9H10F3O4P.C8H8F3O4P.2C7H10F3O4P.C7H6F3O4P/c1-3-8-16-19(15,17-9-4-2)18-10-6-5-7-11(12,13)14;1-3-7-15-18(14,16-8-4-2)17-9-5-6-10(11,12)13;1-4-6-14-17(13,15-7-5-2)16-8(3)9(10,11)12;1-3-6-14-17(13,15-7-4-2)16-8-5-9(10,11)12;1-3-5-13-16(12,14-6-4-2)15-7-8(9,10)11;1-3-5-13-15(11,12-4-2)14-6-7(8,9)10;2*1-3-5-12-15(11,13-6-4-2)14-7(8,9)10/h1-2H,5-10H2;1-2H,5-9H2;1-2,8H,6-7H2,3H3;1-2H,5-8H2;1-2H,5-7H2;1H,4-6H2,2H3;3-4H,1-2,5-6H2;1-2H,5-6H2. The molecule has 132 heavy (non-hydrogen) atoms. The van der Waals surface area contributed by atoms with Gasteiger partial charge in [0.15, 0.2) is 19.3 Å². The molecule has 0 saturated heterocycles. The third kappa shape index (κ3) is 98.9. The number of unbranched alkanes of at least 4 members (excludes halogenated alkanes) is 1. The van der Waals surface area contributed by atoms with Gasteiger partial charge in [-0.3, -0.25) is 99.5 Å². The van der Waals surface area contributed by atoms with Crippen LogP contribution in [0.5, 0.6) is 0 Å². The lowest BCUT2D eigenvalue weighted by atomic mass is 10.2. The van der Waals surface area contributed by atoms with Gasteiger partial charge in [-0.15, -0.1) is 123 Å². The van der Waals surface area contributed by atoms with Gasteiger partial charge < -0.3 is 0 Å². The Labute approximate surface area is 743 Å². The van der Waals surface area contributed by atoms with Crippen LogP contribution in [0, 0.1) is 160 Å². The number of rotatable bonds is 54. The molecule has 2 atom stereocenters. The van der Waals surface area contributed by atoms with E-state index in [0.29, 0.717) is 6.92 Å². The smallest absolute Gasteiger partial charge is 0.287 e. The van der Waals surface area contributed by atoms with E-state index in [1.54, 1.807) is 0 Å². The Hall–Kier alpha value is -7.04. The lowest BCUT2D eigenvalue weighted by Gasteiger charge is -2.21. The number of terminal acetylenes is 13. The lowest BCUT2D eigenvalue weighted by molar-refractivity contribution is -0.284. The van der Waals surface area contributed by atoms with Gasteiger partial charge in [0.2, 0.25) is 0 Å². The van der Waals surface area contributed by atoms with Gasteiger partial charge in [0.25, 0.3) is 0 Å². The summed E-state index contributed by atoms with van der Waals surface area (Å²) in [5.74, 6) is 25.4. The minimum Gasteiger partial charge on any atom is -0.287 e. The van der Waals surface area contributed by atoms with Crippen molar-refractivity contribution < 1.29 is 250 Å². The second kappa shape index (κ2) is 75.1. The Kier molecular flexibility index (Phi) is 79.9. The third-order valence-electron chi connectivity index (χ3n) is 9.51. The number of halogens is 24. The molecule has 0 aromatic carbocycles. The first kappa shape index (κ1) is 140. The summed E-state index contributed by atoms with van der Waals surface area (Å²) < 4.78 is 480. The molecule has 0 aliphatic heterocycles. The second-order valence-electron chi connectivity index (χ2n) is 20.2.